The predicted octanol–water partition coefficient (Wildman–Crippen LogP) is 1.33. The molecule has 2 aliphatic rings. The van der Waals surface area contributed by atoms with Crippen LogP contribution in [-0.4, -0.2) is 66.4 Å². The van der Waals surface area contributed by atoms with Gasteiger partial charge in [0.05, 0.1) is 19.3 Å². The van der Waals surface area contributed by atoms with Crippen molar-refractivity contribution in [1.29, 1.82) is 0 Å². The average molecular weight is 280 g/mol. The molecule has 0 bridgehead atoms. The van der Waals surface area contributed by atoms with Gasteiger partial charge in [-0.1, -0.05) is 5.92 Å². The van der Waals surface area contributed by atoms with E-state index in [0.29, 0.717) is 12.6 Å². The molecular formula is C15H24N2O3. The highest BCUT2D eigenvalue weighted by molar-refractivity contribution is 5.69. The lowest BCUT2D eigenvalue weighted by Gasteiger charge is -2.32. The van der Waals surface area contributed by atoms with Crippen LogP contribution >= 0.6 is 0 Å². The summed E-state index contributed by atoms with van der Waals surface area (Å²) in [4.78, 5) is 16.3. The molecule has 0 aromatic carbocycles. The largest absolute Gasteiger partial charge is 0.444 e. The van der Waals surface area contributed by atoms with Crippen molar-refractivity contribution in [1.82, 2.24) is 9.80 Å². The van der Waals surface area contributed by atoms with Gasteiger partial charge < -0.3 is 9.47 Å². The van der Waals surface area contributed by atoms with Gasteiger partial charge >= 0.3 is 6.09 Å². The van der Waals surface area contributed by atoms with E-state index in [1.807, 2.05) is 20.8 Å². The van der Waals surface area contributed by atoms with Crippen LogP contribution < -0.4 is 0 Å². The van der Waals surface area contributed by atoms with E-state index >= 15 is 0 Å². The molecule has 1 amide bonds. The first kappa shape index (κ1) is 15.1. The van der Waals surface area contributed by atoms with Crippen molar-refractivity contribution < 1.29 is 14.3 Å². The molecule has 0 aromatic rings. The van der Waals surface area contributed by atoms with Gasteiger partial charge in [-0.05, 0) is 27.2 Å². The third kappa shape index (κ3) is 3.65. The van der Waals surface area contributed by atoms with Gasteiger partial charge in [0.25, 0.3) is 0 Å². The number of carbonyl (C=O) groups is 1. The van der Waals surface area contributed by atoms with Crippen LogP contribution in [0.5, 0.6) is 0 Å². The van der Waals surface area contributed by atoms with Crippen molar-refractivity contribution in [2.45, 2.75) is 44.9 Å². The fourth-order valence-electron chi connectivity index (χ4n) is 2.70. The fraction of sp³-hybridized carbons (Fsp3) is 0.800. The Morgan fingerprint density at radius 3 is 2.55 bits per heavy atom. The molecule has 112 valence electrons. The lowest BCUT2D eigenvalue weighted by Crippen LogP contribution is -2.45. The molecule has 0 radical (unpaired) electrons. The number of rotatable bonds is 1. The first-order valence-electron chi connectivity index (χ1n) is 7.18. The summed E-state index contributed by atoms with van der Waals surface area (Å²) >= 11 is 0. The van der Waals surface area contributed by atoms with Gasteiger partial charge in [0.1, 0.15) is 5.60 Å². The molecule has 1 unspecified atom stereocenters. The molecular weight excluding hydrogens is 256 g/mol. The quantitative estimate of drug-likeness (QED) is 0.680. The van der Waals surface area contributed by atoms with Crippen LogP contribution in [0, 0.1) is 12.3 Å². The molecule has 2 aliphatic heterocycles. The SMILES string of the molecule is C#C[C@@H]1CC(N2CCOCC2)CN1C(=O)OC(C)(C)C. The molecule has 0 saturated carbocycles. The third-order valence-electron chi connectivity index (χ3n) is 3.66. The number of morpholine rings is 1. The maximum absolute atomic E-state index is 12.2. The smallest absolute Gasteiger partial charge is 0.411 e. The van der Waals surface area contributed by atoms with Crippen molar-refractivity contribution in [3.8, 4) is 12.3 Å². The van der Waals surface area contributed by atoms with Gasteiger partial charge in [-0.3, -0.25) is 9.80 Å². The topological polar surface area (TPSA) is 42.0 Å². The summed E-state index contributed by atoms with van der Waals surface area (Å²) in [6.07, 6.45) is 6.08. The Morgan fingerprint density at radius 1 is 1.35 bits per heavy atom. The Morgan fingerprint density at radius 2 is 2.00 bits per heavy atom. The van der Waals surface area contributed by atoms with Crippen molar-refractivity contribution in [2.24, 2.45) is 0 Å². The molecule has 2 rings (SSSR count). The summed E-state index contributed by atoms with van der Waals surface area (Å²) < 4.78 is 10.8. The first-order chi connectivity index (χ1) is 9.40. The minimum Gasteiger partial charge on any atom is -0.444 e. The van der Waals surface area contributed by atoms with Gasteiger partial charge in [-0.15, -0.1) is 6.42 Å². The maximum atomic E-state index is 12.2. The average Bonchev–Trinajstić information content (AvgIpc) is 2.82. The second-order valence-corrected chi connectivity index (χ2v) is 6.35. The highest BCUT2D eigenvalue weighted by atomic mass is 16.6. The standard InChI is InChI=1S/C15H24N2O3/c1-5-12-10-13(16-6-8-19-9-7-16)11-17(12)14(18)20-15(2,3)4/h1,12-13H,6-11H2,2-4H3/t12-,13?/m1/s1. The van der Waals surface area contributed by atoms with Crippen LogP contribution in [0.2, 0.25) is 0 Å². The van der Waals surface area contributed by atoms with Gasteiger partial charge in [0, 0.05) is 25.7 Å². The van der Waals surface area contributed by atoms with E-state index in [0.717, 1.165) is 32.7 Å². The number of nitrogens with zero attached hydrogens (tertiary/aromatic N) is 2. The maximum Gasteiger partial charge on any atom is 0.411 e. The van der Waals surface area contributed by atoms with E-state index in [1.54, 1.807) is 4.90 Å². The minimum absolute atomic E-state index is 0.169. The zero-order chi connectivity index (χ0) is 14.8. The van der Waals surface area contributed by atoms with E-state index in [2.05, 4.69) is 10.8 Å². The van der Waals surface area contributed by atoms with Crippen molar-refractivity contribution in [2.75, 3.05) is 32.8 Å². The molecule has 2 saturated heterocycles. The summed E-state index contributed by atoms with van der Waals surface area (Å²) in [6, 6.07) is 0.144. The van der Waals surface area contributed by atoms with E-state index in [4.69, 9.17) is 15.9 Å². The third-order valence-corrected chi connectivity index (χ3v) is 3.66. The van der Waals surface area contributed by atoms with Gasteiger partial charge in [0.2, 0.25) is 0 Å². The Balaban J connectivity index is 1.99. The Bertz CT molecular complexity index is 391. The highest BCUT2D eigenvalue weighted by Gasteiger charge is 2.39. The number of amides is 1. The molecule has 5 nitrogen and oxygen atoms in total. The summed E-state index contributed by atoms with van der Waals surface area (Å²) in [5.41, 5.74) is -0.493. The molecule has 2 fully saturated rings. The number of hydrogen-bond acceptors (Lipinski definition) is 4. The number of terminal acetylenes is 1. The summed E-state index contributed by atoms with van der Waals surface area (Å²) in [6.45, 7) is 9.56. The van der Waals surface area contributed by atoms with Gasteiger partial charge in [-0.25, -0.2) is 4.79 Å². The summed E-state index contributed by atoms with van der Waals surface area (Å²) in [7, 11) is 0. The normalized spacial score (nSPS) is 28.2. The Hall–Kier alpha value is -1.25. The van der Waals surface area contributed by atoms with E-state index in [-0.39, 0.29) is 12.1 Å². The molecule has 2 atom stereocenters. The molecule has 5 heteroatoms. The fourth-order valence-corrected chi connectivity index (χ4v) is 2.70. The lowest BCUT2D eigenvalue weighted by molar-refractivity contribution is 0.0125. The second-order valence-electron chi connectivity index (χ2n) is 6.35. The minimum atomic E-state index is -0.493. The van der Waals surface area contributed by atoms with E-state index < -0.39 is 5.60 Å². The van der Waals surface area contributed by atoms with Crippen molar-refractivity contribution >= 4 is 6.09 Å². The molecule has 0 spiro atoms. The van der Waals surface area contributed by atoms with Gasteiger partial charge in [-0.2, -0.15) is 0 Å². The van der Waals surface area contributed by atoms with E-state index in [9.17, 15) is 4.79 Å². The van der Waals surface area contributed by atoms with Crippen molar-refractivity contribution in [3.05, 3.63) is 0 Å². The monoisotopic (exact) mass is 280 g/mol. The van der Waals surface area contributed by atoms with Crippen LogP contribution in [0.15, 0.2) is 0 Å². The Kier molecular flexibility index (Phi) is 4.56. The molecule has 0 N–H and O–H groups in total. The lowest BCUT2D eigenvalue weighted by atomic mass is 10.1. The molecule has 2 heterocycles. The van der Waals surface area contributed by atoms with Gasteiger partial charge in [0.15, 0.2) is 0 Å². The van der Waals surface area contributed by atoms with Crippen molar-refractivity contribution in [3.63, 3.8) is 0 Å². The predicted molar refractivity (Wildman–Crippen MR) is 76.4 cm³/mol. The van der Waals surface area contributed by atoms with Crippen LogP contribution in [0.3, 0.4) is 0 Å². The summed E-state index contributed by atoms with van der Waals surface area (Å²) in [5.74, 6) is 2.72. The van der Waals surface area contributed by atoms with E-state index in [1.165, 1.54) is 0 Å². The molecule has 20 heavy (non-hydrogen) atoms. The van der Waals surface area contributed by atoms with Crippen LogP contribution in [0.4, 0.5) is 4.79 Å². The second kappa shape index (κ2) is 6.02. The number of likely N-dealkylation sites (tertiary alicyclic amines) is 1. The number of hydrogen-bond donors (Lipinski definition) is 0. The number of ether oxygens (including phenoxy) is 2. The van der Waals surface area contributed by atoms with Crippen LogP contribution in [0.1, 0.15) is 27.2 Å². The zero-order valence-corrected chi connectivity index (χ0v) is 12.6. The van der Waals surface area contributed by atoms with Crippen LogP contribution in [0.25, 0.3) is 0 Å². The Labute approximate surface area is 121 Å². The zero-order valence-electron chi connectivity index (χ0n) is 12.6. The molecule has 0 aliphatic carbocycles. The number of carbonyl (C=O) groups excluding carboxylic acids is 1. The summed E-state index contributed by atoms with van der Waals surface area (Å²) in [5, 5.41) is 0. The molecule has 0 aromatic heterocycles. The first-order valence-corrected chi connectivity index (χ1v) is 7.18. The highest BCUT2D eigenvalue weighted by Crippen LogP contribution is 2.24. The van der Waals surface area contributed by atoms with Crippen LogP contribution in [-0.2, 0) is 9.47 Å².